The molecule has 0 aromatic heterocycles. The van der Waals surface area contributed by atoms with Crippen molar-refractivity contribution in [3.05, 3.63) is 64.9 Å². The number of hydrogen-bond donors (Lipinski definition) is 0. The molecule has 1 fully saturated rings. The van der Waals surface area contributed by atoms with E-state index in [0.717, 1.165) is 18.7 Å². The van der Waals surface area contributed by atoms with E-state index in [1.54, 1.807) is 24.3 Å². The summed E-state index contributed by atoms with van der Waals surface area (Å²) in [7, 11) is 0. The summed E-state index contributed by atoms with van der Waals surface area (Å²) in [6.45, 7) is 8.59. The summed E-state index contributed by atoms with van der Waals surface area (Å²) in [5.74, 6) is 0.777. The fourth-order valence-electron chi connectivity index (χ4n) is 3.82. The SMILES string of the molecule is CC(C)C1CN(C(=O)COc2ccc(Cl)cc2)C(C)CN1Cc1ccc(F)cc1. The van der Waals surface area contributed by atoms with Crippen LogP contribution in [0.25, 0.3) is 0 Å². The first-order valence-corrected chi connectivity index (χ1v) is 10.4. The number of amides is 1. The van der Waals surface area contributed by atoms with Crippen LogP contribution in [0.4, 0.5) is 4.39 Å². The van der Waals surface area contributed by atoms with Crippen molar-refractivity contribution in [2.45, 2.75) is 39.4 Å². The Bertz CT molecular complexity index is 811. The second kappa shape index (κ2) is 9.59. The van der Waals surface area contributed by atoms with Crippen LogP contribution in [0, 0.1) is 11.7 Å². The first-order valence-electron chi connectivity index (χ1n) is 10.00. The van der Waals surface area contributed by atoms with Crippen LogP contribution < -0.4 is 4.74 Å². The molecule has 4 nitrogen and oxygen atoms in total. The number of nitrogens with zero attached hydrogens (tertiary/aromatic N) is 2. The number of rotatable bonds is 6. The Balaban J connectivity index is 1.63. The molecular weight excluding hydrogens is 391 g/mol. The summed E-state index contributed by atoms with van der Waals surface area (Å²) < 4.78 is 18.9. The fraction of sp³-hybridized carbons (Fsp3) is 0.435. The lowest BCUT2D eigenvalue weighted by Crippen LogP contribution is -2.60. The number of halogens is 2. The van der Waals surface area contributed by atoms with E-state index in [-0.39, 0.29) is 30.4 Å². The van der Waals surface area contributed by atoms with Crippen molar-refractivity contribution in [3.8, 4) is 5.75 Å². The number of hydrogen-bond acceptors (Lipinski definition) is 3. The van der Waals surface area contributed by atoms with Gasteiger partial charge in [0.1, 0.15) is 11.6 Å². The highest BCUT2D eigenvalue weighted by Crippen LogP contribution is 2.24. The molecule has 1 aliphatic rings. The molecule has 1 aliphatic heterocycles. The van der Waals surface area contributed by atoms with Crippen LogP contribution in [0.1, 0.15) is 26.3 Å². The van der Waals surface area contributed by atoms with Gasteiger partial charge in [0, 0.05) is 36.7 Å². The van der Waals surface area contributed by atoms with Gasteiger partial charge in [-0.05, 0) is 54.8 Å². The minimum absolute atomic E-state index is 0.00868. The molecule has 29 heavy (non-hydrogen) atoms. The molecule has 1 heterocycles. The lowest BCUT2D eigenvalue weighted by Gasteiger charge is -2.47. The molecule has 0 N–H and O–H groups in total. The largest absolute Gasteiger partial charge is 0.484 e. The van der Waals surface area contributed by atoms with Crippen LogP contribution >= 0.6 is 11.6 Å². The van der Waals surface area contributed by atoms with Gasteiger partial charge in [-0.1, -0.05) is 37.6 Å². The summed E-state index contributed by atoms with van der Waals surface area (Å²) in [5.41, 5.74) is 1.08. The van der Waals surface area contributed by atoms with Crippen LogP contribution in [0.5, 0.6) is 5.75 Å². The van der Waals surface area contributed by atoms with E-state index in [0.29, 0.717) is 23.2 Å². The predicted octanol–water partition coefficient (Wildman–Crippen LogP) is 4.62. The van der Waals surface area contributed by atoms with E-state index in [1.165, 1.54) is 12.1 Å². The van der Waals surface area contributed by atoms with Crippen molar-refractivity contribution in [3.63, 3.8) is 0 Å². The monoisotopic (exact) mass is 418 g/mol. The second-order valence-electron chi connectivity index (χ2n) is 8.00. The lowest BCUT2D eigenvalue weighted by atomic mass is 9.96. The highest BCUT2D eigenvalue weighted by Gasteiger charge is 2.35. The van der Waals surface area contributed by atoms with Crippen molar-refractivity contribution in [1.82, 2.24) is 9.80 Å². The predicted molar refractivity (Wildman–Crippen MR) is 114 cm³/mol. The molecular formula is C23H28ClFN2O2. The van der Waals surface area contributed by atoms with Crippen molar-refractivity contribution in [2.24, 2.45) is 5.92 Å². The summed E-state index contributed by atoms with van der Waals surface area (Å²) in [6.07, 6.45) is 0. The van der Waals surface area contributed by atoms with Gasteiger partial charge in [-0.25, -0.2) is 4.39 Å². The van der Waals surface area contributed by atoms with Gasteiger partial charge < -0.3 is 9.64 Å². The lowest BCUT2D eigenvalue weighted by molar-refractivity contribution is -0.140. The highest BCUT2D eigenvalue weighted by molar-refractivity contribution is 6.30. The maximum absolute atomic E-state index is 13.2. The smallest absolute Gasteiger partial charge is 0.260 e. The van der Waals surface area contributed by atoms with Crippen molar-refractivity contribution in [1.29, 1.82) is 0 Å². The van der Waals surface area contributed by atoms with Crippen LogP contribution in [0.15, 0.2) is 48.5 Å². The first-order chi connectivity index (χ1) is 13.8. The average Bonchev–Trinajstić information content (AvgIpc) is 2.69. The summed E-state index contributed by atoms with van der Waals surface area (Å²) in [4.78, 5) is 17.1. The maximum atomic E-state index is 13.2. The minimum Gasteiger partial charge on any atom is -0.484 e. The van der Waals surface area contributed by atoms with Gasteiger partial charge in [0.15, 0.2) is 6.61 Å². The topological polar surface area (TPSA) is 32.8 Å². The van der Waals surface area contributed by atoms with E-state index in [4.69, 9.17) is 16.3 Å². The van der Waals surface area contributed by atoms with Gasteiger partial charge in [0.25, 0.3) is 5.91 Å². The Morgan fingerprint density at radius 2 is 1.79 bits per heavy atom. The molecule has 2 atom stereocenters. The maximum Gasteiger partial charge on any atom is 0.260 e. The molecule has 0 aliphatic carbocycles. The third-order valence-electron chi connectivity index (χ3n) is 5.45. The van der Waals surface area contributed by atoms with Gasteiger partial charge in [-0.3, -0.25) is 9.69 Å². The van der Waals surface area contributed by atoms with Crippen molar-refractivity contribution in [2.75, 3.05) is 19.7 Å². The van der Waals surface area contributed by atoms with Gasteiger partial charge in [0.2, 0.25) is 0 Å². The van der Waals surface area contributed by atoms with Gasteiger partial charge in [-0.15, -0.1) is 0 Å². The molecule has 1 amide bonds. The molecule has 0 spiro atoms. The van der Waals surface area contributed by atoms with Gasteiger partial charge in [-0.2, -0.15) is 0 Å². The summed E-state index contributed by atoms with van der Waals surface area (Å²) in [6, 6.07) is 14.0. The van der Waals surface area contributed by atoms with E-state index < -0.39 is 0 Å². The standard InChI is InChI=1S/C23H28ClFN2O2/c1-16(2)22-14-27(23(28)15-29-21-10-6-19(24)7-11-21)17(3)12-26(22)13-18-4-8-20(25)9-5-18/h4-11,16-17,22H,12-15H2,1-3H3. The molecule has 1 saturated heterocycles. The number of carbonyl (C=O) groups is 1. The van der Waals surface area contributed by atoms with Crippen LogP contribution in [-0.4, -0.2) is 47.5 Å². The summed E-state index contributed by atoms with van der Waals surface area (Å²) in [5, 5.41) is 0.634. The Hall–Kier alpha value is -2.11. The van der Waals surface area contributed by atoms with Crippen molar-refractivity contribution >= 4 is 17.5 Å². The fourth-order valence-corrected chi connectivity index (χ4v) is 3.94. The number of piperazine rings is 1. The number of ether oxygens (including phenoxy) is 1. The molecule has 0 radical (unpaired) electrons. The molecule has 3 rings (SSSR count). The molecule has 2 aromatic rings. The number of carbonyl (C=O) groups excluding carboxylic acids is 1. The number of benzene rings is 2. The minimum atomic E-state index is -0.223. The van der Waals surface area contributed by atoms with Gasteiger partial charge in [0.05, 0.1) is 0 Å². The van der Waals surface area contributed by atoms with Gasteiger partial charge >= 0.3 is 0 Å². The third kappa shape index (κ3) is 5.71. The quantitative estimate of drug-likeness (QED) is 0.686. The zero-order valence-electron chi connectivity index (χ0n) is 17.1. The van der Waals surface area contributed by atoms with Crippen LogP contribution in [0.2, 0.25) is 5.02 Å². The average molecular weight is 419 g/mol. The summed E-state index contributed by atoms with van der Waals surface area (Å²) >= 11 is 5.89. The molecule has 156 valence electrons. The second-order valence-corrected chi connectivity index (χ2v) is 8.44. The Morgan fingerprint density at radius 1 is 1.14 bits per heavy atom. The van der Waals surface area contributed by atoms with E-state index >= 15 is 0 Å². The Kier molecular flexibility index (Phi) is 7.14. The molecule has 2 aromatic carbocycles. The van der Waals surface area contributed by atoms with E-state index in [2.05, 4.69) is 25.7 Å². The Labute approximate surface area is 177 Å². The Morgan fingerprint density at radius 3 is 2.41 bits per heavy atom. The third-order valence-corrected chi connectivity index (χ3v) is 5.70. The molecule has 2 unspecified atom stereocenters. The van der Waals surface area contributed by atoms with Crippen LogP contribution in [0.3, 0.4) is 0 Å². The molecule has 0 bridgehead atoms. The van der Waals surface area contributed by atoms with E-state index in [1.807, 2.05) is 17.0 Å². The normalized spacial score (nSPS) is 20.1. The molecule has 6 heteroatoms. The zero-order chi connectivity index (χ0) is 21.0. The van der Waals surface area contributed by atoms with Crippen molar-refractivity contribution < 1.29 is 13.9 Å². The van der Waals surface area contributed by atoms with E-state index in [9.17, 15) is 9.18 Å². The highest BCUT2D eigenvalue weighted by atomic mass is 35.5. The molecule has 0 saturated carbocycles. The first kappa shape index (κ1) is 21.6. The van der Waals surface area contributed by atoms with Crippen LogP contribution in [-0.2, 0) is 11.3 Å². The zero-order valence-corrected chi connectivity index (χ0v) is 17.9.